The summed E-state index contributed by atoms with van der Waals surface area (Å²) in [5.41, 5.74) is 2.11. The van der Waals surface area contributed by atoms with E-state index in [4.69, 9.17) is 4.74 Å². The summed E-state index contributed by atoms with van der Waals surface area (Å²) in [6, 6.07) is 13.6. The molecule has 0 spiro atoms. The number of likely N-dealkylation sites (N-methyl/N-ethyl adjacent to an activating group) is 1. The fourth-order valence-corrected chi connectivity index (χ4v) is 3.24. The molecule has 31 heavy (non-hydrogen) atoms. The van der Waals surface area contributed by atoms with Gasteiger partial charge in [0.2, 0.25) is 11.8 Å². The summed E-state index contributed by atoms with van der Waals surface area (Å²) in [7, 11) is 3.04. The second-order valence-corrected chi connectivity index (χ2v) is 7.65. The maximum absolute atomic E-state index is 13.0. The first-order valence-corrected chi connectivity index (χ1v) is 10.3. The predicted octanol–water partition coefficient (Wildman–Crippen LogP) is 3.11. The maximum Gasteiger partial charge on any atom is 0.255 e. The summed E-state index contributed by atoms with van der Waals surface area (Å²) < 4.78 is 5.24. The lowest BCUT2D eigenvalue weighted by Gasteiger charge is -2.27. The molecule has 166 valence electrons. The largest absolute Gasteiger partial charge is 0.496 e. The zero-order valence-corrected chi connectivity index (χ0v) is 18.8. The molecule has 2 N–H and O–H groups in total. The van der Waals surface area contributed by atoms with Gasteiger partial charge in [0.25, 0.3) is 5.91 Å². The number of hydrogen-bond donors (Lipinski definition) is 2. The number of amides is 3. The van der Waals surface area contributed by atoms with Crippen LogP contribution in [0.1, 0.15) is 36.7 Å². The molecule has 7 nitrogen and oxygen atoms in total. The molecule has 0 heterocycles. The SMILES string of the molecule is CCc1ccccc1NC(=O)CN(C)C(=O)[C@@H](NC(=O)c1ccccc1OC)C(C)C. The van der Waals surface area contributed by atoms with E-state index in [0.717, 1.165) is 17.7 Å². The van der Waals surface area contributed by atoms with E-state index in [0.29, 0.717) is 11.3 Å². The molecule has 2 aromatic carbocycles. The molecule has 0 saturated carbocycles. The van der Waals surface area contributed by atoms with Crippen molar-refractivity contribution in [2.24, 2.45) is 5.92 Å². The fourth-order valence-electron chi connectivity index (χ4n) is 3.24. The highest BCUT2D eigenvalue weighted by Crippen LogP contribution is 2.18. The number of rotatable bonds is 9. The second-order valence-electron chi connectivity index (χ2n) is 7.65. The van der Waals surface area contributed by atoms with Crippen LogP contribution < -0.4 is 15.4 Å². The molecule has 1 atom stereocenters. The number of hydrogen-bond acceptors (Lipinski definition) is 4. The molecule has 0 saturated heterocycles. The van der Waals surface area contributed by atoms with Crippen LogP contribution in [0.3, 0.4) is 0 Å². The summed E-state index contributed by atoms with van der Waals surface area (Å²) in [6.07, 6.45) is 0.787. The Labute approximate surface area is 183 Å². The number of carbonyl (C=O) groups is 3. The molecular weight excluding hydrogens is 394 g/mol. The Morgan fingerprint density at radius 1 is 1.03 bits per heavy atom. The smallest absolute Gasteiger partial charge is 0.255 e. The molecule has 0 aliphatic carbocycles. The van der Waals surface area contributed by atoms with Gasteiger partial charge in [-0.2, -0.15) is 0 Å². The van der Waals surface area contributed by atoms with Crippen molar-refractivity contribution in [3.63, 3.8) is 0 Å². The molecule has 0 aliphatic rings. The van der Waals surface area contributed by atoms with E-state index in [9.17, 15) is 14.4 Å². The van der Waals surface area contributed by atoms with E-state index in [-0.39, 0.29) is 24.3 Å². The van der Waals surface area contributed by atoms with Crippen LogP contribution in [0, 0.1) is 5.92 Å². The number of nitrogens with one attached hydrogen (secondary N) is 2. The third-order valence-electron chi connectivity index (χ3n) is 5.00. The number of carbonyl (C=O) groups excluding carboxylic acids is 3. The Bertz CT molecular complexity index is 927. The molecular formula is C24H31N3O4. The van der Waals surface area contributed by atoms with Crippen LogP contribution in [0.25, 0.3) is 0 Å². The van der Waals surface area contributed by atoms with Crippen molar-refractivity contribution in [1.82, 2.24) is 10.2 Å². The molecule has 0 fully saturated rings. The minimum absolute atomic E-state index is 0.120. The van der Waals surface area contributed by atoms with E-state index >= 15 is 0 Å². The van der Waals surface area contributed by atoms with Gasteiger partial charge in [0.1, 0.15) is 11.8 Å². The van der Waals surface area contributed by atoms with Crippen molar-refractivity contribution >= 4 is 23.4 Å². The summed E-state index contributed by atoms with van der Waals surface area (Å²) in [4.78, 5) is 39.6. The van der Waals surface area contributed by atoms with Gasteiger partial charge in [0.05, 0.1) is 19.2 Å². The number of methoxy groups -OCH3 is 1. The highest BCUT2D eigenvalue weighted by molar-refractivity contribution is 6.00. The van der Waals surface area contributed by atoms with Crippen LogP contribution in [0.4, 0.5) is 5.69 Å². The molecule has 2 aromatic rings. The molecule has 0 radical (unpaired) electrons. The van der Waals surface area contributed by atoms with Crippen molar-refractivity contribution in [1.29, 1.82) is 0 Å². The Balaban J connectivity index is 2.06. The average molecular weight is 426 g/mol. The van der Waals surface area contributed by atoms with Crippen LogP contribution in [-0.4, -0.2) is 49.4 Å². The zero-order chi connectivity index (χ0) is 23.0. The predicted molar refractivity (Wildman–Crippen MR) is 121 cm³/mol. The Kier molecular flexibility index (Phi) is 8.61. The number of anilines is 1. The zero-order valence-electron chi connectivity index (χ0n) is 18.8. The Morgan fingerprint density at radius 3 is 2.32 bits per heavy atom. The van der Waals surface area contributed by atoms with Crippen molar-refractivity contribution in [3.8, 4) is 5.75 Å². The topological polar surface area (TPSA) is 87.7 Å². The van der Waals surface area contributed by atoms with E-state index in [1.54, 1.807) is 31.3 Å². The Morgan fingerprint density at radius 2 is 1.68 bits per heavy atom. The van der Waals surface area contributed by atoms with E-state index in [2.05, 4.69) is 10.6 Å². The van der Waals surface area contributed by atoms with Crippen LogP contribution in [0.15, 0.2) is 48.5 Å². The van der Waals surface area contributed by atoms with Gasteiger partial charge >= 0.3 is 0 Å². The van der Waals surface area contributed by atoms with Gasteiger partial charge in [-0.05, 0) is 36.1 Å². The van der Waals surface area contributed by atoms with Gasteiger partial charge in [-0.25, -0.2) is 0 Å². The Hall–Kier alpha value is -3.35. The first-order chi connectivity index (χ1) is 14.8. The number of nitrogens with zero attached hydrogens (tertiary/aromatic N) is 1. The monoisotopic (exact) mass is 425 g/mol. The van der Waals surface area contributed by atoms with Crippen molar-refractivity contribution in [2.75, 3.05) is 26.0 Å². The lowest BCUT2D eigenvalue weighted by Crippen LogP contribution is -2.51. The summed E-state index contributed by atoms with van der Waals surface area (Å²) in [5.74, 6) is -0.776. The lowest BCUT2D eigenvalue weighted by molar-refractivity contribution is -0.135. The fraction of sp³-hybridized carbons (Fsp3) is 0.375. The molecule has 0 aromatic heterocycles. The normalized spacial score (nSPS) is 11.5. The number of aryl methyl sites for hydroxylation is 1. The minimum atomic E-state index is -0.779. The van der Waals surface area contributed by atoms with Gasteiger partial charge in [-0.15, -0.1) is 0 Å². The van der Waals surface area contributed by atoms with Crippen LogP contribution >= 0.6 is 0 Å². The van der Waals surface area contributed by atoms with Gasteiger partial charge in [-0.1, -0.05) is 51.1 Å². The van der Waals surface area contributed by atoms with Crippen LogP contribution in [0.5, 0.6) is 5.75 Å². The highest BCUT2D eigenvalue weighted by Gasteiger charge is 2.29. The van der Waals surface area contributed by atoms with Gasteiger partial charge < -0.3 is 20.3 Å². The number of ether oxygens (including phenoxy) is 1. The summed E-state index contributed by atoms with van der Waals surface area (Å²) in [6.45, 7) is 5.58. The summed E-state index contributed by atoms with van der Waals surface area (Å²) in [5, 5.41) is 5.65. The molecule has 0 aliphatic heterocycles. The molecule has 3 amide bonds. The van der Waals surface area contributed by atoms with Gasteiger partial charge in [-0.3, -0.25) is 14.4 Å². The van der Waals surface area contributed by atoms with Crippen LogP contribution in [0.2, 0.25) is 0 Å². The van der Waals surface area contributed by atoms with Gasteiger partial charge in [0.15, 0.2) is 0 Å². The second kappa shape index (κ2) is 11.2. The van der Waals surface area contributed by atoms with E-state index in [1.807, 2.05) is 45.0 Å². The standard InChI is InChI=1S/C24H31N3O4/c1-6-17-11-7-9-13-19(17)25-21(28)15-27(4)24(30)22(16(2)3)26-23(29)18-12-8-10-14-20(18)31-5/h7-14,16,22H,6,15H2,1-5H3,(H,25,28)(H,26,29)/t22-/m0/s1. The van der Waals surface area contributed by atoms with Crippen LogP contribution in [-0.2, 0) is 16.0 Å². The molecule has 2 rings (SSSR count). The number of benzene rings is 2. The molecule has 7 heteroatoms. The lowest BCUT2D eigenvalue weighted by atomic mass is 10.0. The minimum Gasteiger partial charge on any atom is -0.496 e. The molecule has 0 bridgehead atoms. The van der Waals surface area contributed by atoms with Crippen molar-refractivity contribution < 1.29 is 19.1 Å². The third-order valence-corrected chi connectivity index (χ3v) is 5.00. The first kappa shape index (κ1) is 23.9. The third kappa shape index (κ3) is 6.31. The maximum atomic E-state index is 13.0. The quantitative estimate of drug-likeness (QED) is 0.646. The van der Waals surface area contributed by atoms with E-state index in [1.165, 1.54) is 12.0 Å². The van der Waals surface area contributed by atoms with E-state index < -0.39 is 11.9 Å². The average Bonchev–Trinajstić information content (AvgIpc) is 2.76. The van der Waals surface area contributed by atoms with Crippen molar-refractivity contribution in [3.05, 3.63) is 59.7 Å². The summed E-state index contributed by atoms with van der Waals surface area (Å²) >= 11 is 0. The van der Waals surface area contributed by atoms with Crippen molar-refractivity contribution in [2.45, 2.75) is 33.2 Å². The first-order valence-electron chi connectivity index (χ1n) is 10.3. The molecule has 0 unspecified atom stereocenters. The van der Waals surface area contributed by atoms with Gasteiger partial charge in [0, 0.05) is 12.7 Å². The number of para-hydroxylation sites is 2. The highest BCUT2D eigenvalue weighted by atomic mass is 16.5.